The summed E-state index contributed by atoms with van der Waals surface area (Å²) in [5, 5.41) is 11.5. The molecule has 1 aromatic carbocycles. The number of hydrogen-bond donors (Lipinski definition) is 1. The summed E-state index contributed by atoms with van der Waals surface area (Å²) in [4.78, 5) is 0. The predicted molar refractivity (Wildman–Crippen MR) is 74.7 cm³/mol. The number of benzene rings is 1. The second-order valence-corrected chi connectivity index (χ2v) is 5.15. The van der Waals surface area contributed by atoms with E-state index in [0.717, 1.165) is 31.4 Å². The molecule has 4 nitrogen and oxygen atoms in total. The Hall–Kier alpha value is -1.68. The Balaban J connectivity index is 1.51. The highest BCUT2D eigenvalue weighted by molar-refractivity contribution is 5.27. The fraction of sp³-hybridized carbons (Fsp3) is 0.467. The highest BCUT2D eigenvalue weighted by Gasteiger charge is 2.22. The van der Waals surface area contributed by atoms with Crippen molar-refractivity contribution in [1.29, 1.82) is 0 Å². The number of rotatable bonds is 6. The number of aromatic nitrogens is 3. The van der Waals surface area contributed by atoms with Gasteiger partial charge >= 0.3 is 0 Å². The van der Waals surface area contributed by atoms with Crippen molar-refractivity contribution < 1.29 is 0 Å². The zero-order chi connectivity index (χ0) is 13.1. The molecule has 0 radical (unpaired) electrons. The van der Waals surface area contributed by atoms with Gasteiger partial charge in [0.25, 0.3) is 0 Å². The molecule has 0 aliphatic heterocycles. The van der Waals surface area contributed by atoms with E-state index in [0.29, 0.717) is 0 Å². The number of hydrogen-bond acceptors (Lipinski definition) is 3. The number of aryl methyl sites for hydroxylation is 1. The Kier molecular flexibility index (Phi) is 3.60. The Morgan fingerprint density at radius 3 is 2.68 bits per heavy atom. The van der Waals surface area contributed by atoms with Crippen molar-refractivity contribution >= 4 is 0 Å². The van der Waals surface area contributed by atoms with Crippen molar-refractivity contribution in [2.75, 3.05) is 0 Å². The highest BCUT2D eigenvalue weighted by Crippen LogP contribution is 2.39. The number of nitrogens with one attached hydrogen (secondary N) is 1. The largest absolute Gasteiger partial charge is 0.317 e. The monoisotopic (exact) mass is 256 g/mol. The van der Waals surface area contributed by atoms with E-state index in [-0.39, 0.29) is 0 Å². The molecule has 0 saturated heterocycles. The van der Waals surface area contributed by atoms with Gasteiger partial charge in [-0.2, -0.15) is 0 Å². The van der Waals surface area contributed by atoms with E-state index < -0.39 is 0 Å². The van der Waals surface area contributed by atoms with Crippen molar-refractivity contribution in [1.82, 2.24) is 20.1 Å². The third kappa shape index (κ3) is 3.01. The molecular weight excluding hydrogens is 236 g/mol. The molecule has 19 heavy (non-hydrogen) atoms. The van der Waals surface area contributed by atoms with Crippen molar-refractivity contribution in [3.05, 3.63) is 47.5 Å². The summed E-state index contributed by atoms with van der Waals surface area (Å²) >= 11 is 0. The quantitative estimate of drug-likeness (QED) is 0.863. The maximum Gasteiger partial charge on any atom is 0.146 e. The minimum Gasteiger partial charge on any atom is -0.317 e. The van der Waals surface area contributed by atoms with Crippen molar-refractivity contribution in [3.63, 3.8) is 0 Å². The maximum absolute atomic E-state index is 4.11. The molecule has 1 aliphatic carbocycles. The molecule has 0 spiro atoms. The van der Waals surface area contributed by atoms with E-state index in [9.17, 15) is 0 Å². The first kappa shape index (κ1) is 12.4. The van der Waals surface area contributed by atoms with Crippen LogP contribution in [0.2, 0.25) is 0 Å². The molecule has 3 rings (SSSR count). The normalized spacial score (nSPS) is 14.8. The van der Waals surface area contributed by atoms with E-state index >= 15 is 0 Å². The zero-order valence-corrected chi connectivity index (χ0v) is 11.3. The lowest BCUT2D eigenvalue weighted by atomic mass is 10.1. The lowest BCUT2D eigenvalue weighted by molar-refractivity contribution is 0.612. The molecule has 0 bridgehead atoms. The average Bonchev–Trinajstić information content (AvgIpc) is 3.19. The topological polar surface area (TPSA) is 42.7 Å². The molecular formula is C15H20N4. The Bertz CT molecular complexity index is 525. The predicted octanol–water partition coefficient (Wildman–Crippen LogP) is 2.47. The van der Waals surface area contributed by atoms with Crippen LogP contribution in [0.1, 0.15) is 42.6 Å². The zero-order valence-electron chi connectivity index (χ0n) is 11.3. The van der Waals surface area contributed by atoms with Crippen LogP contribution in [0.5, 0.6) is 0 Å². The van der Waals surface area contributed by atoms with Gasteiger partial charge in [-0.25, -0.2) is 0 Å². The van der Waals surface area contributed by atoms with Crippen LogP contribution in [0.4, 0.5) is 0 Å². The van der Waals surface area contributed by atoms with Gasteiger partial charge in [0.1, 0.15) is 12.2 Å². The summed E-state index contributed by atoms with van der Waals surface area (Å²) in [6.07, 6.45) is 4.51. The standard InChI is InChI=1S/C15H20N4/c1-2-19-11-17-18-15(19)10-16-9-12-3-5-13(6-4-12)14-7-8-14/h3-6,11,14,16H,2,7-10H2,1H3. The third-order valence-corrected chi connectivity index (χ3v) is 3.68. The molecule has 0 atom stereocenters. The first-order chi connectivity index (χ1) is 9.36. The van der Waals surface area contributed by atoms with Gasteiger partial charge < -0.3 is 9.88 Å². The summed E-state index contributed by atoms with van der Waals surface area (Å²) in [6.45, 7) is 4.66. The first-order valence-electron chi connectivity index (χ1n) is 7.03. The highest BCUT2D eigenvalue weighted by atomic mass is 15.3. The second-order valence-electron chi connectivity index (χ2n) is 5.15. The molecule has 0 amide bonds. The first-order valence-corrected chi connectivity index (χ1v) is 7.03. The second kappa shape index (κ2) is 5.53. The van der Waals surface area contributed by atoms with Gasteiger partial charge in [-0.3, -0.25) is 0 Å². The molecule has 1 fully saturated rings. The van der Waals surface area contributed by atoms with Crippen LogP contribution < -0.4 is 5.32 Å². The summed E-state index contributed by atoms with van der Waals surface area (Å²) in [7, 11) is 0. The van der Waals surface area contributed by atoms with E-state index in [4.69, 9.17) is 0 Å². The third-order valence-electron chi connectivity index (χ3n) is 3.68. The molecule has 100 valence electrons. The molecule has 1 heterocycles. The van der Waals surface area contributed by atoms with Crippen LogP contribution in [0.3, 0.4) is 0 Å². The van der Waals surface area contributed by atoms with E-state index in [1.54, 1.807) is 6.33 Å². The molecule has 1 saturated carbocycles. The molecule has 2 aromatic rings. The van der Waals surface area contributed by atoms with Crippen LogP contribution in [0.15, 0.2) is 30.6 Å². The van der Waals surface area contributed by atoms with E-state index in [1.807, 2.05) is 0 Å². The Morgan fingerprint density at radius 2 is 2.00 bits per heavy atom. The molecule has 0 unspecified atom stereocenters. The fourth-order valence-corrected chi connectivity index (χ4v) is 2.32. The van der Waals surface area contributed by atoms with Gasteiger partial charge in [0, 0.05) is 13.1 Å². The smallest absolute Gasteiger partial charge is 0.146 e. The van der Waals surface area contributed by atoms with Crippen LogP contribution in [0, 0.1) is 0 Å². The van der Waals surface area contributed by atoms with Crippen LogP contribution in [0.25, 0.3) is 0 Å². The summed E-state index contributed by atoms with van der Waals surface area (Å²) in [5.41, 5.74) is 2.82. The van der Waals surface area contributed by atoms with Crippen molar-refractivity contribution in [2.45, 2.75) is 45.3 Å². The lowest BCUT2D eigenvalue weighted by Crippen LogP contribution is -2.16. The van der Waals surface area contributed by atoms with Gasteiger partial charge in [-0.15, -0.1) is 10.2 Å². The average molecular weight is 256 g/mol. The van der Waals surface area contributed by atoms with Gasteiger partial charge in [0.05, 0.1) is 6.54 Å². The van der Waals surface area contributed by atoms with E-state index in [2.05, 4.69) is 51.3 Å². The Labute approximate surface area is 113 Å². The van der Waals surface area contributed by atoms with Crippen molar-refractivity contribution in [2.24, 2.45) is 0 Å². The minimum absolute atomic E-state index is 0.762. The summed E-state index contributed by atoms with van der Waals surface area (Å²) in [6, 6.07) is 8.99. The SMILES string of the molecule is CCn1cnnc1CNCc1ccc(C2CC2)cc1. The van der Waals surface area contributed by atoms with Crippen molar-refractivity contribution in [3.8, 4) is 0 Å². The van der Waals surface area contributed by atoms with Crippen LogP contribution >= 0.6 is 0 Å². The van der Waals surface area contributed by atoms with Crippen LogP contribution in [-0.4, -0.2) is 14.8 Å². The fourth-order valence-electron chi connectivity index (χ4n) is 2.32. The molecule has 1 aromatic heterocycles. The molecule has 1 aliphatic rings. The van der Waals surface area contributed by atoms with Gasteiger partial charge in [0.15, 0.2) is 0 Å². The summed E-state index contributed by atoms with van der Waals surface area (Å²) in [5.74, 6) is 1.84. The van der Waals surface area contributed by atoms with Gasteiger partial charge in [-0.1, -0.05) is 24.3 Å². The van der Waals surface area contributed by atoms with Gasteiger partial charge in [-0.05, 0) is 36.8 Å². The van der Waals surface area contributed by atoms with Crippen LogP contribution in [-0.2, 0) is 19.6 Å². The lowest BCUT2D eigenvalue weighted by Gasteiger charge is -2.06. The maximum atomic E-state index is 4.11. The molecule has 1 N–H and O–H groups in total. The summed E-state index contributed by atoms with van der Waals surface area (Å²) < 4.78 is 2.06. The Morgan fingerprint density at radius 1 is 1.21 bits per heavy atom. The van der Waals surface area contributed by atoms with Gasteiger partial charge in [0.2, 0.25) is 0 Å². The number of nitrogens with zero attached hydrogens (tertiary/aromatic N) is 3. The molecule has 4 heteroatoms. The minimum atomic E-state index is 0.762. The van der Waals surface area contributed by atoms with E-state index in [1.165, 1.54) is 24.0 Å².